The molecule has 0 unspecified atom stereocenters. The first-order valence-electron chi connectivity index (χ1n) is 5.87. The van der Waals surface area contributed by atoms with Crippen LogP contribution in [0.1, 0.15) is 5.56 Å². The second kappa shape index (κ2) is 6.70. The molecule has 7 heteroatoms. The van der Waals surface area contributed by atoms with Gasteiger partial charge in [0.15, 0.2) is 0 Å². The number of hydrogen-bond acceptors (Lipinski definition) is 2. The Hall–Kier alpha value is -1.21. The molecule has 2 nitrogen and oxygen atoms in total. The number of benzene rings is 2. The van der Waals surface area contributed by atoms with E-state index in [0.717, 1.165) is 10.0 Å². The maximum atomic E-state index is 12.2. The van der Waals surface area contributed by atoms with Crippen LogP contribution in [-0.4, -0.2) is 6.36 Å². The Morgan fingerprint density at radius 2 is 1.81 bits per heavy atom. The zero-order valence-corrected chi connectivity index (χ0v) is 13.7. The van der Waals surface area contributed by atoms with Crippen molar-refractivity contribution in [2.75, 3.05) is 5.32 Å². The molecule has 0 atom stereocenters. The minimum Gasteiger partial charge on any atom is -0.405 e. The van der Waals surface area contributed by atoms with Gasteiger partial charge in [-0.1, -0.05) is 28.1 Å². The number of nitrogens with one attached hydrogen (secondary N) is 1. The number of alkyl halides is 3. The summed E-state index contributed by atoms with van der Waals surface area (Å²) in [5.74, 6) is -0.268. The molecule has 0 saturated heterocycles. The van der Waals surface area contributed by atoms with Crippen LogP contribution in [0.2, 0.25) is 0 Å². The third-order valence-corrected chi connectivity index (χ3v) is 3.66. The third-order valence-electron chi connectivity index (χ3n) is 2.54. The van der Waals surface area contributed by atoms with Crippen molar-refractivity contribution < 1.29 is 17.9 Å². The van der Waals surface area contributed by atoms with Crippen LogP contribution >= 0.6 is 31.9 Å². The molecule has 112 valence electrons. The summed E-state index contributed by atoms with van der Waals surface area (Å²) in [6, 6.07) is 12.1. The highest BCUT2D eigenvalue weighted by Crippen LogP contribution is 2.32. The molecule has 0 aromatic heterocycles. The lowest BCUT2D eigenvalue weighted by Gasteiger charge is -2.12. The zero-order valence-electron chi connectivity index (χ0n) is 10.5. The molecule has 0 bridgehead atoms. The summed E-state index contributed by atoms with van der Waals surface area (Å²) in [5, 5.41) is 3.13. The number of hydrogen-bond donors (Lipinski definition) is 1. The van der Waals surface area contributed by atoms with Gasteiger partial charge in [-0.25, -0.2) is 0 Å². The average molecular weight is 425 g/mol. The summed E-state index contributed by atoms with van der Waals surface area (Å²) in [7, 11) is 0. The first kappa shape index (κ1) is 16.2. The van der Waals surface area contributed by atoms with Crippen molar-refractivity contribution in [3.8, 4) is 5.75 Å². The number of halogens is 5. The highest BCUT2D eigenvalue weighted by atomic mass is 79.9. The summed E-state index contributed by atoms with van der Waals surface area (Å²) in [4.78, 5) is 0. The van der Waals surface area contributed by atoms with E-state index in [9.17, 15) is 13.2 Å². The first-order chi connectivity index (χ1) is 9.83. The SMILES string of the molecule is FC(F)(F)Oc1ccc(NCc2cccc(Br)c2)cc1Br. The number of rotatable bonds is 4. The van der Waals surface area contributed by atoms with Gasteiger partial charge < -0.3 is 10.1 Å². The Morgan fingerprint density at radius 1 is 1.05 bits per heavy atom. The minimum absolute atomic E-state index is 0.235. The summed E-state index contributed by atoms with van der Waals surface area (Å²) in [5.41, 5.74) is 1.74. The predicted octanol–water partition coefficient (Wildman–Crippen LogP) is 5.72. The van der Waals surface area contributed by atoms with E-state index in [4.69, 9.17) is 0 Å². The van der Waals surface area contributed by atoms with E-state index in [1.165, 1.54) is 12.1 Å². The van der Waals surface area contributed by atoms with Crippen LogP contribution in [0.3, 0.4) is 0 Å². The highest BCUT2D eigenvalue weighted by Gasteiger charge is 2.31. The fourth-order valence-corrected chi connectivity index (χ4v) is 2.58. The topological polar surface area (TPSA) is 21.3 Å². The Balaban J connectivity index is 2.03. The van der Waals surface area contributed by atoms with Crippen LogP contribution in [0.15, 0.2) is 51.4 Å². The first-order valence-corrected chi connectivity index (χ1v) is 7.46. The van der Waals surface area contributed by atoms with E-state index in [1.807, 2.05) is 24.3 Å². The van der Waals surface area contributed by atoms with E-state index in [2.05, 4.69) is 41.9 Å². The van der Waals surface area contributed by atoms with Crippen molar-refractivity contribution >= 4 is 37.5 Å². The average Bonchev–Trinajstić information content (AvgIpc) is 2.38. The predicted molar refractivity (Wildman–Crippen MR) is 82.3 cm³/mol. The fourth-order valence-electron chi connectivity index (χ4n) is 1.67. The Kier molecular flexibility index (Phi) is 5.16. The summed E-state index contributed by atoms with van der Waals surface area (Å²) < 4.78 is 41.6. The van der Waals surface area contributed by atoms with E-state index in [-0.39, 0.29) is 10.2 Å². The second-order valence-electron chi connectivity index (χ2n) is 4.18. The molecule has 0 aliphatic carbocycles. The maximum Gasteiger partial charge on any atom is 0.573 e. The fraction of sp³-hybridized carbons (Fsp3) is 0.143. The van der Waals surface area contributed by atoms with Crippen LogP contribution < -0.4 is 10.1 Å². The molecule has 0 aliphatic rings. The van der Waals surface area contributed by atoms with Crippen LogP contribution in [0, 0.1) is 0 Å². The van der Waals surface area contributed by atoms with Gasteiger partial charge in [0.05, 0.1) is 4.47 Å². The van der Waals surface area contributed by atoms with Crippen molar-refractivity contribution in [2.45, 2.75) is 12.9 Å². The molecule has 0 fully saturated rings. The van der Waals surface area contributed by atoms with Gasteiger partial charge in [0.25, 0.3) is 0 Å². The second-order valence-corrected chi connectivity index (χ2v) is 5.95. The Morgan fingerprint density at radius 3 is 2.43 bits per heavy atom. The molecular weight excluding hydrogens is 415 g/mol. The number of ether oxygens (including phenoxy) is 1. The van der Waals surface area contributed by atoms with Gasteiger partial charge in [0.1, 0.15) is 5.75 Å². The van der Waals surface area contributed by atoms with Crippen molar-refractivity contribution in [3.05, 3.63) is 57.0 Å². The quantitative estimate of drug-likeness (QED) is 0.677. The molecular formula is C14H10Br2F3NO. The van der Waals surface area contributed by atoms with E-state index < -0.39 is 6.36 Å². The van der Waals surface area contributed by atoms with Crippen LogP contribution in [0.5, 0.6) is 5.75 Å². The lowest BCUT2D eigenvalue weighted by Crippen LogP contribution is -2.17. The standard InChI is InChI=1S/C14H10Br2F3NO/c15-10-3-1-2-9(6-10)8-20-11-4-5-13(12(16)7-11)21-14(17,18)19/h1-7,20H,8H2. The normalized spacial score (nSPS) is 11.3. The zero-order chi connectivity index (χ0) is 15.5. The van der Waals surface area contributed by atoms with Gasteiger partial charge in [-0.05, 0) is 51.8 Å². The number of anilines is 1. The molecule has 0 aliphatic heterocycles. The van der Waals surface area contributed by atoms with Gasteiger partial charge in [-0.2, -0.15) is 0 Å². The van der Waals surface area contributed by atoms with Crippen molar-refractivity contribution in [1.29, 1.82) is 0 Å². The molecule has 0 radical (unpaired) electrons. The summed E-state index contributed by atoms with van der Waals surface area (Å²) in [6.07, 6.45) is -4.70. The maximum absolute atomic E-state index is 12.2. The molecule has 0 heterocycles. The monoisotopic (exact) mass is 423 g/mol. The van der Waals surface area contributed by atoms with Crippen LogP contribution in [0.4, 0.5) is 18.9 Å². The molecule has 2 rings (SSSR count). The van der Waals surface area contributed by atoms with Crippen molar-refractivity contribution in [2.24, 2.45) is 0 Å². The van der Waals surface area contributed by atoms with E-state index >= 15 is 0 Å². The van der Waals surface area contributed by atoms with Gasteiger partial charge in [0, 0.05) is 16.7 Å². The van der Waals surface area contributed by atoms with Gasteiger partial charge in [0.2, 0.25) is 0 Å². The molecule has 21 heavy (non-hydrogen) atoms. The molecule has 2 aromatic rings. The van der Waals surface area contributed by atoms with Crippen LogP contribution in [0.25, 0.3) is 0 Å². The van der Waals surface area contributed by atoms with Crippen molar-refractivity contribution in [1.82, 2.24) is 0 Å². The molecule has 2 aromatic carbocycles. The molecule has 0 amide bonds. The van der Waals surface area contributed by atoms with Gasteiger partial charge >= 0.3 is 6.36 Å². The third kappa shape index (κ3) is 5.24. The smallest absolute Gasteiger partial charge is 0.405 e. The largest absolute Gasteiger partial charge is 0.573 e. The Labute approximate surface area is 136 Å². The van der Waals surface area contributed by atoms with E-state index in [1.54, 1.807) is 6.07 Å². The lowest BCUT2D eigenvalue weighted by molar-refractivity contribution is -0.274. The van der Waals surface area contributed by atoms with Crippen molar-refractivity contribution in [3.63, 3.8) is 0 Å². The minimum atomic E-state index is -4.70. The lowest BCUT2D eigenvalue weighted by atomic mass is 10.2. The van der Waals surface area contributed by atoms with Gasteiger partial charge in [-0.15, -0.1) is 13.2 Å². The summed E-state index contributed by atoms with van der Waals surface area (Å²) in [6.45, 7) is 0.561. The van der Waals surface area contributed by atoms with Crippen LogP contribution in [-0.2, 0) is 6.54 Å². The Bertz CT molecular complexity index is 632. The molecule has 1 N–H and O–H groups in total. The molecule has 0 spiro atoms. The molecule has 0 saturated carbocycles. The highest BCUT2D eigenvalue weighted by molar-refractivity contribution is 9.10. The summed E-state index contributed by atoms with van der Waals surface area (Å²) >= 11 is 6.44. The van der Waals surface area contributed by atoms with E-state index in [0.29, 0.717) is 12.2 Å². The van der Waals surface area contributed by atoms with Gasteiger partial charge in [-0.3, -0.25) is 0 Å².